The average Bonchev–Trinajstić information content (AvgIpc) is 2.09. The fraction of sp³-hybridized carbons (Fsp3) is 1.00. The van der Waals surface area contributed by atoms with Crippen molar-refractivity contribution < 1.29 is 28.1 Å². The molecule has 0 aliphatic rings. The molecule has 0 radical (unpaired) electrons. The van der Waals surface area contributed by atoms with Crippen molar-refractivity contribution in [3.63, 3.8) is 0 Å². The molecule has 6 heteroatoms. The van der Waals surface area contributed by atoms with Crippen LogP contribution in [0.25, 0.3) is 0 Å². The number of halogens is 4. The summed E-state index contributed by atoms with van der Waals surface area (Å²) in [7, 11) is 14.7. The Balaban J connectivity index is -0.000000209. The molecule has 0 heterocycles. The molecular weight excluding hydrogens is 308 g/mol. The van der Waals surface area contributed by atoms with E-state index in [9.17, 15) is 0 Å². The molecule has 0 aliphatic carbocycles. The van der Waals surface area contributed by atoms with Crippen LogP contribution in [0.2, 0.25) is 0 Å². The first-order chi connectivity index (χ1) is 5.97. The third-order valence-electron chi connectivity index (χ3n) is 2.68. The van der Waals surface area contributed by atoms with Crippen LogP contribution in [0.4, 0.5) is 0 Å². The first-order valence-corrected chi connectivity index (χ1v) is 9.05. The summed E-state index contributed by atoms with van der Waals surface area (Å²) in [5.41, 5.74) is 0. The molecule has 0 saturated heterocycles. The van der Waals surface area contributed by atoms with Crippen LogP contribution in [-0.4, -0.2) is 30.7 Å². The van der Waals surface area contributed by atoms with Crippen LogP contribution in [0.5, 0.6) is 0 Å². The summed E-state index contributed by atoms with van der Waals surface area (Å²) >= 11 is -1.33. The van der Waals surface area contributed by atoms with Crippen molar-refractivity contribution >= 4 is 30.3 Å². The van der Waals surface area contributed by atoms with E-state index in [0.717, 1.165) is 0 Å². The summed E-state index contributed by atoms with van der Waals surface area (Å²) in [5, 5.41) is 0. The zero-order valence-corrected chi connectivity index (χ0v) is 13.3. The number of nitrogens with zero attached hydrogens (tertiary/aromatic N) is 1. The molecule has 0 rings (SSSR count). The molecule has 0 fully saturated rings. The third kappa shape index (κ3) is 11.7. The van der Waals surface area contributed by atoms with Crippen LogP contribution >= 0.6 is 30.3 Å². The molecule has 0 bridgehead atoms. The Hall–Kier alpha value is 1.64. The van der Waals surface area contributed by atoms with E-state index in [-0.39, 0.29) is 12.4 Å². The summed E-state index contributed by atoms with van der Waals surface area (Å²) in [5.74, 6) is 0. The Kier molecular flexibility index (Phi) is 19.0. The molecule has 14 heavy (non-hydrogen) atoms. The van der Waals surface area contributed by atoms with E-state index in [2.05, 4.69) is 27.7 Å². The van der Waals surface area contributed by atoms with Crippen LogP contribution in [0.3, 0.4) is 0 Å². The molecule has 0 saturated carbocycles. The Morgan fingerprint density at radius 3 is 0.929 bits per heavy atom. The minimum atomic E-state index is -1.33. The minimum absolute atomic E-state index is 0. The van der Waals surface area contributed by atoms with Gasteiger partial charge in [0.05, 0.1) is 26.2 Å². The molecule has 0 aromatic carbocycles. The molecule has 1 nitrogen and oxygen atoms in total. The van der Waals surface area contributed by atoms with Crippen LogP contribution in [0.15, 0.2) is 0 Å². The van der Waals surface area contributed by atoms with Crippen LogP contribution in [-0.2, 0) is 11.2 Å². The van der Waals surface area contributed by atoms with E-state index in [1.807, 2.05) is 0 Å². The van der Waals surface area contributed by atoms with Gasteiger partial charge in [-0.25, -0.2) is 0 Å². The number of hydrogen-bond donors (Lipinski definition) is 0. The third-order valence-corrected chi connectivity index (χ3v) is 2.68. The summed E-state index contributed by atoms with van der Waals surface area (Å²) in [6, 6.07) is 0. The van der Waals surface area contributed by atoms with Crippen LogP contribution < -0.4 is 12.4 Å². The topological polar surface area (TPSA) is 0 Å². The molecule has 0 atom stereocenters. The monoisotopic (exact) mass is 326 g/mol. The quantitative estimate of drug-likeness (QED) is 0.533. The Morgan fingerprint density at radius 2 is 0.929 bits per heavy atom. The maximum atomic E-state index is 4.89. The molecular formula is C8H20Cl4FeN. The van der Waals surface area contributed by atoms with Gasteiger partial charge in [-0.05, 0) is 27.7 Å². The predicted octanol–water partition coefficient (Wildman–Crippen LogP) is 0.953. The first-order valence-electron chi connectivity index (χ1n) is 4.49. The fourth-order valence-corrected chi connectivity index (χ4v) is 1.34. The Bertz CT molecular complexity index is 89.2. The molecule has 0 aliphatic heterocycles. The van der Waals surface area contributed by atoms with Gasteiger partial charge in [0.2, 0.25) is 0 Å². The molecule has 0 amide bonds. The Labute approximate surface area is 112 Å². The van der Waals surface area contributed by atoms with Crippen molar-refractivity contribution in [2.24, 2.45) is 0 Å². The van der Waals surface area contributed by atoms with Gasteiger partial charge in [-0.15, -0.1) is 0 Å². The van der Waals surface area contributed by atoms with E-state index in [0.29, 0.717) is 0 Å². The van der Waals surface area contributed by atoms with Crippen molar-refractivity contribution in [1.82, 2.24) is 0 Å². The van der Waals surface area contributed by atoms with Crippen molar-refractivity contribution in [1.29, 1.82) is 0 Å². The SMILES string of the molecule is CC[N+](CC)(CC)CC.[Cl-].[Cl][Fe]([Cl])[Cl]. The molecule has 0 aromatic rings. The first kappa shape index (κ1) is 21.0. The second-order valence-corrected chi connectivity index (χ2v) is 8.23. The molecule has 0 aromatic heterocycles. The average molecular weight is 328 g/mol. The second kappa shape index (κ2) is 12.7. The van der Waals surface area contributed by atoms with Crippen molar-refractivity contribution in [3.8, 4) is 0 Å². The number of rotatable bonds is 4. The number of hydrogen-bond acceptors (Lipinski definition) is 0. The van der Waals surface area contributed by atoms with Gasteiger partial charge < -0.3 is 16.9 Å². The van der Waals surface area contributed by atoms with E-state index < -0.39 is 11.2 Å². The van der Waals surface area contributed by atoms with Crippen molar-refractivity contribution in [3.05, 3.63) is 0 Å². The van der Waals surface area contributed by atoms with Crippen LogP contribution in [0.1, 0.15) is 27.7 Å². The normalized spacial score (nSPS) is 10.9. The van der Waals surface area contributed by atoms with Gasteiger partial charge in [0.25, 0.3) is 0 Å². The van der Waals surface area contributed by atoms with Gasteiger partial charge in [-0.1, -0.05) is 0 Å². The zero-order valence-electron chi connectivity index (χ0n) is 9.14. The summed E-state index contributed by atoms with van der Waals surface area (Å²) < 4.78 is 1.28. The molecule has 0 N–H and O–H groups in total. The van der Waals surface area contributed by atoms with Crippen molar-refractivity contribution in [2.75, 3.05) is 26.2 Å². The fourth-order valence-electron chi connectivity index (χ4n) is 1.34. The standard InChI is InChI=1S/C8H20N.4ClH.Fe/c1-5-9(6-2,7-3)8-4;;;;;/h5-8H2,1-4H3;4*1H;/q+1;;;;;+3/p-4. The van der Waals surface area contributed by atoms with Crippen LogP contribution in [0, 0.1) is 0 Å². The zero-order chi connectivity index (χ0) is 10.9. The summed E-state index contributed by atoms with van der Waals surface area (Å²) in [4.78, 5) is 0. The predicted molar refractivity (Wildman–Crippen MR) is 60.0 cm³/mol. The van der Waals surface area contributed by atoms with Gasteiger partial charge in [-0.2, -0.15) is 0 Å². The molecule has 0 unspecified atom stereocenters. The molecule has 0 spiro atoms. The number of quaternary nitrogens is 1. The maximum absolute atomic E-state index is 4.89. The van der Waals surface area contributed by atoms with E-state index in [1.54, 1.807) is 0 Å². The van der Waals surface area contributed by atoms with Gasteiger partial charge in [0, 0.05) is 0 Å². The van der Waals surface area contributed by atoms with E-state index in [1.165, 1.54) is 30.7 Å². The van der Waals surface area contributed by atoms with E-state index >= 15 is 0 Å². The summed E-state index contributed by atoms with van der Waals surface area (Å²) in [6.45, 7) is 14.2. The Morgan fingerprint density at radius 1 is 0.786 bits per heavy atom. The van der Waals surface area contributed by atoms with Gasteiger partial charge >= 0.3 is 41.5 Å². The van der Waals surface area contributed by atoms with Gasteiger partial charge in [0.15, 0.2) is 0 Å². The van der Waals surface area contributed by atoms with Gasteiger partial charge in [0.1, 0.15) is 0 Å². The van der Waals surface area contributed by atoms with E-state index in [4.69, 9.17) is 30.3 Å². The summed E-state index contributed by atoms with van der Waals surface area (Å²) in [6.07, 6.45) is 0. The molecule has 93 valence electrons. The van der Waals surface area contributed by atoms with Gasteiger partial charge in [-0.3, -0.25) is 0 Å². The second-order valence-electron chi connectivity index (χ2n) is 2.76. The van der Waals surface area contributed by atoms with Crippen molar-refractivity contribution in [2.45, 2.75) is 27.7 Å².